The van der Waals surface area contributed by atoms with Crippen LogP contribution in [0.3, 0.4) is 0 Å². The first-order valence-corrected chi connectivity index (χ1v) is 4.99. The number of aromatic nitrogens is 1. The van der Waals surface area contributed by atoms with E-state index >= 15 is 0 Å². The van der Waals surface area contributed by atoms with Crippen molar-refractivity contribution in [2.24, 2.45) is 0 Å². The van der Waals surface area contributed by atoms with E-state index in [1.54, 1.807) is 0 Å². The fourth-order valence-corrected chi connectivity index (χ4v) is 1.69. The highest BCUT2D eigenvalue weighted by Gasteiger charge is 2.13. The molecule has 2 heterocycles. The van der Waals surface area contributed by atoms with Crippen LogP contribution in [0.25, 0.3) is 0 Å². The van der Waals surface area contributed by atoms with Crippen LogP contribution in [0.4, 0.5) is 0 Å². The zero-order valence-electron chi connectivity index (χ0n) is 8.30. The van der Waals surface area contributed by atoms with Crippen molar-refractivity contribution >= 4 is 0 Å². The molecule has 0 radical (unpaired) electrons. The van der Waals surface area contributed by atoms with Crippen molar-refractivity contribution in [2.45, 2.75) is 39.3 Å². The first kappa shape index (κ1) is 8.70. The monoisotopic (exact) mass is 176 g/mol. The lowest BCUT2D eigenvalue weighted by Gasteiger charge is -2.09. The number of nitrogens with zero attached hydrogens (tertiary/aromatic N) is 1. The molecule has 0 aromatic carbocycles. The Bertz CT molecular complexity index is 307. The van der Waals surface area contributed by atoms with Crippen LogP contribution in [0, 0.1) is 0 Å². The van der Waals surface area contributed by atoms with Crippen LogP contribution in [-0.4, -0.2) is 4.98 Å². The van der Waals surface area contributed by atoms with Crippen LogP contribution < -0.4 is 5.32 Å². The number of nitrogens with one attached hydrogen (secondary N) is 1. The average Bonchev–Trinajstić information content (AvgIpc) is 2.63. The Morgan fingerprint density at radius 3 is 3.15 bits per heavy atom. The number of hydrogen-bond donors (Lipinski definition) is 1. The van der Waals surface area contributed by atoms with E-state index in [2.05, 4.69) is 30.2 Å². The predicted octanol–water partition coefficient (Wildman–Crippen LogP) is 2.20. The molecule has 0 saturated carbocycles. The summed E-state index contributed by atoms with van der Waals surface area (Å²) in [6.45, 7) is 6.41. The van der Waals surface area contributed by atoms with Crippen molar-refractivity contribution in [3.8, 4) is 0 Å². The molecule has 1 aromatic rings. The minimum Gasteiger partial charge on any atom is -0.307 e. The molecule has 0 bridgehead atoms. The van der Waals surface area contributed by atoms with Crippen molar-refractivity contribution in [1.82, 2.24) is 10.3 Å². The Kier molecular flexibility index (Phi) is 2.32. The first-order valence-electron chi connectivity index (χ1n) is 4.99. The van der Waals surface area contributed by atoms with E-state index in [9.17, 15) is 0 Å². The van der Waals surface area contributed by atoms with Gasteiger partial charge in [0, 0.05) is 19.3 Å². The van der Waals surface area contributed by atoms with Crippen LogP contribution in [0.1, 0.15) is 43.0 Å². The lowest BCUT2D eigenvalue weighted by Crippen LogP contribution is -2.00. The molecule has 0 aliphatic carbocycles. The standard InChI is InChI=1S/C11H16N2/c1-3-8(2)9-4-10-5-12-7-11(10)13-6-9/h4,6,8,12H,3,5,7H2,1-2H3. The van der Waals surface area contributed by atoms with Gasteiger partial charge >= 0.3 is 0 Å². The first-order chi connectivity index (χ1) is 6.31. The Balaban J connectivity index is 2.30. The Labute approximate surface area is 79.4 Å². The Morgan fingerprint density at radius 2 is 2.38 bits per heavy atom. The highest BCUT2D eigenvalue weighted by atomic mass is 14.9. The van der Waals surface area contributed by atoms with E-state index in [0.29, 0.717) is 5.92 Å². The molecule has 1 N–H and O–H groups in total. The fourth-order valence-electron chi connectivity index (χ4n) is 1.69. The zero-order chi connectivity index (χ0) is 9.26. The number of rotatable bonds is 2. The maximum Gasteiger partial charge on any atom is 0.0586 e. The number of hydrogen-bond acceptors (Lipinski definition) is 2. The smallest absolute Gasteiger partial charge is 0.0586 e. The van der Waals surface area contributed by atoms with E-state index in [-0.39, 0.29) is 0 Å². The molecule has 1 atom stereocenters. The van der Waals surface area contributed by atoms with Crippen LogP contribution >= 0.6 is 0 Å². The van der Waals surface area contributed by atoms with Crippen LogP contribution in [0.2, 0.25) is 0 Å². The second-order valence-corrected chi connectivity index (χ2v) is 3.79. The van der Waals surface area contributed by atoms with Gasteiger partial charge in [-0.15, -0.1) is 0 Å². The third-order valence-corrected chi connectivity index (χ3v) is 2.87. The molecule has 1 aliphatic heterocycles. The molecule has 0 spiro atoms. The van der Waals surface area contributed by atoms with Gasteiger partial charge in [0.05, 0.1) is 5.69 Å². The van der Waals surface area contributed by atoms with Crippen molar-refractivity contribution in [1.29, 1.82) is 0 Å². The largest absolute Gasteiger partial charge is 0.307 e. The molecule has 1 aromatic heterocycles. The summed E-state index contributed by atoms with van der Waals surface area (Å²) in [6, 6.07) is 2.30. The second-order valence-electron chi connectivity index (χ2n) is 3.79. The van der Waals surface area contributed by atoms with E-state index in [1.165, 1.54) is 23.2 Å². The molecule has 1 aliphatic rings. The number of pyridine rings is 1. The van der Waals surface area contributed by atoms with Gasteiger partial charge in [-0.25, -0.2) is 0 Å². The summed E-state index contributed by atoms with van der Waals surface area (Å²) in [4.78, 5) is 4.47. The minimum absolute atomic E-state index is 0.637. The molecule has 2 heteroatoms. The van der Waals surface area contributed by atoms with Gasteiger partial charge in [-0.3, -0.25) is 4.98 Å². The van der Waals surface area contributed by atoms with Crippen molar-refractivity contribution in [2.75, 3.05) is 0 Å². The summed E-state index contributed by atoms with van der Waals surface area (Å²) in [7, 11) is 0. The third kappa shape index (κ3) is 1.59. The summed E-state index contributed by atoms with van der Waals surface area (Å²) >= 11 is 0. The normalized spacial score (nSPS) is 17.1. The molecule has 1 unspecified atom stereocenters. The van der Waals surface area contributed by atoms with Crippen molar-refractivity contribution < 1.29 is 0 Å². The fraction of sp³-hybridized carbons (Fsp3) is 0.545. The van der Waals surface area contributed by atoms with Gasteiger partial charge in [-0.05, 0) is 23.5 Å². The van der Waals surface area contributed by atoms with E-state index in [0.717, 1.165) is 13.1 Å². The molecule has 2 rings (SSSR count). The van der Waals surface area contributed by atoms with Gasteiger partial charge < -0.3 is 5.32 Å². The van der Waals surface area contributed by atoms with Gasteiger partial charge in [0.2, 0.25) is 0 Å². The van der Waals surface area contributed by atoms with Crippen LogP contribution in [0.5, 0.6) is 0 Å². The molecular formula is C11H16N2. The SMILES string of the molecule is CCC(C)c1cnc2c(c1)CNC2. The molecular weight excluding hydrogens is 160 g/mol. The van der Waals surface area contributed by atoms with E-state index < -0.39 is 0 Å². The van der Waals surface area contributed by atoms with E-state index in [1.807, 2.05) is 6.20 Å². The van der Waals surface area contributed by atoms with Crippen molar-refractivity contribution in [3.05, 3.63) is 29.1 Å². The maximum atomic E-state index is 4.47. The summed E-state index contributed by atoms with van der Waals surface area (Å²) in [5.41, 5.74) is 4.00. The Hall–Kier alpha value is -0.890. The second kappa shape index (κ2) is 3.46. The van der Waals surface area contributed by atoms with Crippen molar-refractivity contribution in [3.63, 3.8) is 0 Å². The molecule has 0 saturated heterocycles. The van der Waals surface area contributed by atoms with Crippen LogP contribution in [0.15, 0.2) is 12.3 Å². The number of fused-ring (bicyclic) bond motifs is 1. The molecule has 0 amide bonds. The van der Waals surface area contributed by atoms with Crippen LogP contribution in [-0.2, 0) is 13.1 Å². The maximum absolute atomic E-state index is 4.47. The summed E-state index contributed by atoms with van der Waals surface area (Å²) in [6.07, 6.45) is 3.22. The van der Waals surface area contributed by atoms with Gasteiger partial charge in [0.25, 0.3) is 0 Å². The highest BCUT2D eigenvalue weighted by Crippen LogP contribution is 2.21. The lowest BCUT2D eigenvalue weighted by atomic mass is 9.99. The van der Waals surface area contributed by atoms with Gasteiger partial charge in [0.1, 0.15) is 0 Å². The summed E-state index contributed by atoms with van der Waals surface area (Å²) in [5.74, 6) is 0.637. The zero-order valence-corrected chi connectivity index (χ0v) is 8.30. The molecule has 13 heavy (non-hydrogen) atoms. The third-order valence-electron chi connectivity index (χ3n) is 2.87. The molecule has 2 nitrogen and oxygen atoms in total. The van der Waals surface area contributed by atoms with E-state index in [4.69, 9.17) is 0 Å². The summed E-state index contributed by atoms with van der Waals surface area (Å²) < 4.78 is 0. The Morgan fingerprint density at radius 1 is 1.54 bits per heavy atom. The minimum atomic E-state index is 0.637. The average molecular weight is 176 g/mol. The lowest BCUT2D eigenvalue weighted by molar-refractivity contribution is 0.727. The van der Waals surface area contributed by atoms with Gasteiger partial charge in [-0.2, -0.15) is 0 Å². The molecule has 0 fully saturated rings. The highest BCUT2D eigenvalue weighted by molar-refractivity contribution is 5.29. The van der Waals surface area contributed by atoms with Gasteiger partial charge in [-0.1, -0.05) is 19.9 Å². The quantitative estimate of drug-likeness (QED) is 0.747. The predicted molar refractivity (Wildman–Crippen MR) is 53.5 cm³/mol. The van der Waals surface area contributed by atoms with Gasteiger partial charge in [0.15, 0.2) is 0 Å². The topological polar surface area (TPSA) is 24.9 Å². The molecule has 70 valence electrons. The summed E-state index contributed by atoms with van der Waals surface area (Å²) in [5, 5.41) is 3.31.